The van der Waals surface area contributed by atoms with Crippen LogP contribution in [0.5, 0.6) is 0 Å². The Balaban J connectivity index is 2.80. The second-order valence-corrected chi connectivity index (χ2v) is 3.11. The van der Waals surface area contributed by atoms with E-state index < -0.39 is 0 Å². The van der Waals surface area contributed by atoms with Crippen LogP contribution >= 0.6 is 0 Å². The van der Waals surface area contributed by atoms with Crippen molar-refractivity contribution in [1.82, 2.24) is 5.32 Å². The lowest BCUT2D eigenvalue weighted by Gasteiger charge is -2.23. The van der Waals surface area contributed by atoms with Gasteiger partial charge >= 0.3 is 0 Å². The molecule has 4 nitrogen and oxygen atoms in total. The lowest BCUT2D eigenvalue weighted by molar-refractivity contribution is 0.100. The van der Waals surface area contributed by atoms with Crippen molar-refractivity contribution in [3.8, 4) is 0 Å². The molecule has 0 aliphatic heterocycles. The first kappa shape index (κ1) is 10.7. The maximum atomic E-state index is 9.66. The second kappa shape index (κ2) is 4.72. The summed E-state index contributed by atoms with van der Waals surface area (Å²) in [4.78, 5) is 0. The van der Waals surface area contributed by atoms with Crippen molar-refractivity contribution in [2.45, 2.75) is 6.10 Å². The highest BCUT2D eigenvalue weighted by Crippen LogP contribution is 2.22. The zero-order valence-electron chi connectivity index (χ0n) is 8.40. The van der Waals surface area contributed by atoms with Gasteiger partial charge in [-0.2, -0.15) is 0 Å². The first-order valence-corrected chi connectivity index (χ1v) is 4.43. The zero-order valence-corrected chi connectivity index (χ0v) is 8.40. The molecule has 4 N–H and O–H groups in total. The number of ether oxygens (including phenoxy) is 1. The molecule has 1 aliphatic rings. The van der Waals surface area contributed by atoms with E-state index in [1.54, 1.807) is 26.3 Å². The highest BCUT2D eigenvalue weighted by atomic mass is 16.5. The van der Waals surface area contributed by atoms with E-state index >= 15 is 0 Å². The first-order valence-electron chi connectivity index (χ1n) is 4.43. The van der Waals surface area contributed by atoms with Gasteiger partial charge in [-0.3, -0.25) is 0 Å². The summed E-state index contributed by atoms with van der Waals surface area (Å²) in [5.74, 6) is 0.0686. The molecule has 0 amide bonds. The topological polar surface area (TPSA) is 67.5 Å². The van der Waals surface area contributed by atoms with E-state index in [1.807, 2.05) is 6.08 Å². The van der Waals surface area contributed by atoms with Crippen LogP contribution in [0.3, 0.4) is 0 Å². The Hall–Kier alpha value is -1.42. The van der Waals surface area contributed by atoms with Gasteiger partial charge < -0.3 is 20.9 Å². The van der Waals surface area contributed by atoms with Gasteiger partial charge in [0, 0.05) is 26.1 Å². The van der Waals surface area contributed by atoms with Gasteiger partial charge in [0.25, 0.3) is 0 Å². The van der Waals surface area contributed by atoms with Gasteiger partial charge in [0.2, 0.25) is 0 Å². The van der Waals surface area contributed by atoms with Gasteiger partial charge in [0.1, 0.15) is 5.76 Å². The molecule has 0 heterocycles. The Labute approximate surface area is 83.7 Å². The van der Waals surface area contributed by atoms with Gasteiger partial charge in [-0.05, 0) is 12.2 Å². The first-order chi connectivity index (χ1) is 6.69. The van der Waals surface area contributed by atoms with E-state index in [-0.39, 0.29) is 17.8 Å². The van der Waals surface area contributed by atoms with Crippen molar-refractivity contribution in [3.05, 3.63) is 35.9 Å². The molecule has 78 valence electrons. The van der Waals surface area contributed by atoms with E-state index in [0.717, 1.165) is 0 Å². The number of methoxy groups -OCH3 is 1. The molecule has 1 rings (SSSR count). The lowest BCUT2D eigenvalue weighted by Crippen LogP contribution is -2.25. The number of hydrogen-bond acceptors (Lipinski definition) is 4. The second-order valence-electron chi connectivity index (χ2n) is 3.11. The van der Waals surface area contributed by atoms with E-state index in [9.17, 15) is 5.11 Å². The predicted molar refractivity (Wildman–Crippen MR) is 55.5 cm³/mol. The molecule has 0 aromatic heterocycles. The van der Waals surface area contributed by atoms with Crippen molar-refractivity contribution in [2.24, 2.45) is 11.7 Å². The van der Waals surface area contributed by atoms with Crippen molar-refractivity contribution in [2.75, 3.05) is 14.2 Å². The molecule has 0 aromatic rings. The summed E-state index contributed by atoms with van der Waals surface area (Å²) in [5.41, 5.74) is 6.27. The van der Waals surface area contributed by atoms with Gasteiger partial charge in [0.15, 0.2) is 0 Å². The fraction of sp³-hybridized carbons (Fsp3) is 0.400. The third-order valence-electron chi connectivity index (χ3n) is 2.11. The summed E-state index contributed by atoms with van der Waals surface area (Å²) in [7, 11) is 3.32. The summed E-state index contributed by atoms with van der Waals surface area (Å²) in [6.45, 7) is 0. The molecule has 0 saturated heterocycles. The Bertz CT molecular complexity index is 282. The molecule has 0 saturated carbocycles. The van der Waals surface area contributed by atoms with E-state index in [1.165, 1.54) is 6.20 Å². The fourth-order valence-corrected chi connectivity index (χ4v) is 1.40. The van der Waals surface area contributed by atoms with Crippen molar-refractivity contribution >= 4 is 0 Å². The summed E-state index contributed by atoms with van der Waals surface area (Å²) in [6.07, 6.45) is 6.71. The normalized spacial score (nSPS) is 27.3. The Kier molecular flexibility index (Phi) is 3.59. The third kappa shape index (κ3) is 2.29. The SMILES string of the molecule is CN/C=C(\O)C1C=CC(N)=CC1OC. The van der Waals surface area contributed by atoms with Crippen LogP contribution in [-0.4, -0.2) is 25.4 Å². The lowest BCUT2D eigenvalue weighted by atomic mass is 9.94. The van der Waals surface area contributed by atoms with Crippen molar-refractivity contribution in [3.63, 3.8) is 0 Å². The highest BCUT2D eigenvalue weighted by Gasteiger charge is 2.23. The van der Waals surface area contributed by atoms with Crippen LogP contribution < -0.4 is 11.1 Å². The molecule has 1 aliphatic carbocycles. The van der Waals surface area contributed by atoms with E-state index in [0.29, 0.717) is 5.70 Å². The average molecular weight is 196 g/mol. The summed E-state index contributed by atoms with van der Waals surface area (Å²) in [5, 5.41) is 12.4. The molecule has 0 fully saturated rings. The molecule has 0 spiro atoms. The molecule has 14 heavy (non-hydrogen) atoms. The number of hydrogen-bond donors (Lipinski definition) is 3. The monoisotopic (exact) mass is 196 g/mol. The average Bonchev–Trinajstić information content (AvgIpc) is 2.17. The number of aliphatic hydroxyl groups is 1. The largest absolute Gasteiger partial charge is 0.510 e. The van der Waals surface area contributed by atoms with Gasteiger partial charge in [0.05, 0.1) is 12.0 Å². The summed E-state index contributed by atoms with van der Waals surface area (Å²) >= 11 is 0. The minimum atomic E-state index is -0.204. The minimum absolute atomic E-state index is 0.167. The predicted octanol–water partition coefficient (Wildman–Crippen LogP) is 0.649. The Morgan fingerprint density at radius 2 is 2.43 bits per heavy atom. The van der Waals surface area contributed by atoms with Crippen LogP contribution in [-0.2, 0) is 4.74 Å². The van der Waals surface area contributed by atoms with Crippen molar-refractivity contribution < 1.29 is 9.84 Å². The molecule has 0 aromatic carbocycles. The third-order valence-corrected chi connectivity index (χ3v) is 2.11. The molecule has 4 heteroatoms. The molecule has 0 radical (unpaired) electrons. The van der Waals surface area contributed by atoms with Crippen LogP contribution in [0.4, 0.5) is 0 Å². The molecule has 2 atom stereocenters. The van der Waals surface area contributed by atoms with Gasteiger partial charge in [-0.1, -0.05) is 6.08 Å². The maximum Gasteiger partial charge on any atom is 0.118 e. The van der Waals surface area contributed by atoms with Crippen LogP contribution in [0.15, 0.2) is 35.9 Å². The van der Waals surface area contributed by atoms with E-state index in [4.69, 9.17) is 10.5 Å². The zero-order chi connectivity index (χ0) is 10.6. The van der Waals surface area contributed by atoms with Crippen LogP contribution in [0.25, 0.3) is 0 Å². The molecule has 2 unspecified atom stereocenters. The number of nitrogens with one attached hydrogen (secondary N) is 1. The Morgan fingerprint density at radius 3 is 3.00 bits per heavy atom. The smallest absolute Gasteiger partial charge is 0.118 e. The standard InChI is InChI=1S/C10H16N2O2/c1-12-6-9(13)8-4-3-7(11)5-10(8)14-2/h3-6,8,10,12-13H,11H2,1-2H3/b9-6-. The number of aliphatic hydroxyl groups excluding tert-OH is 1. The molecular formula is C10H16N2O2. The maximum absolute atomic E-state index is 9.66. The summed E-state index contributed by atoms with van der Waals surface area (Å²) < 4.78 is 5.21. The summed E-state index contributed by atoms with van der Waals surface area (Å²) in [6, 6.07) is 0. The van der Waals surface area contributed by atoms with Gasteiger partial charge in [-0.25, -0.2) is 0 Å². The quantitative estimate of drug-likeness (QED) is 0.580. The molecule has 0 bridgehead atoms. The number of nitrogens with two attached hydrogens (primary N) is 1. The number of rotatable bonds is 3. The minimum Gasteiger partial charge on any atom is -0.510 e. The van der Waals surface area contributed by atoms with Crippen molar-refractivity contribution in [1.29, 1.82) is 0 Å². The molecular weight excluding hydrogens is 180 g/mol. The van der Waals surface area contributed by atoms with E-state index in [2.05, 4.69) is 5.32 Å². The highest BCUT2D eigenvalue weighted by molar-refractivity contribution is 5.28. The van der Waals surface area contributed by atoms with Crippen LogP contribution in [0.2, 0.25) is 0 Å². The van der Waals surface area contributed by atoms with Crippen LogP contribution in [0.1, 0.15) is 0 Å². The Morgan fingerprint density at radius 1 is 1.71 bits per heavy atom. The van der Waals surface area contributed by atoms with Gasteiger partial charge in [-0.15, -0.1) is 0 Å². The fourth-order valence-electron chi connectivity index (χ4n) is 1.40. The number of allylic oxidation sites excluding steroid dienone is 1. The van der Waals surface area contributed by atoms with Crippen LogP contribution in [0, 0.1) is 5.92 Å².